The Morgan fingerprint density at radius 3 is 2.40 bits per heavy atom. The number of piperazine rings is 1. The second-order valence-electron chi connectivity index (χ2n) is 6.43. The maximum Gasteiger partial charge on any atom is 0.222 e. The monoisotopic (exact) mass is 366 g/mol. The smallest absolute Gasteiger partial charge is 0.222 e. The molecule has 1 fully saturated rings. The van der Waals surface area contributed by atoms with Crippen molar-refractivity contribution in [2.45, 2.75) is 46.6 Å². The quantitative estimate of drug-likeness (QED) is 0.707. The van der Waals surface area contributed by atoms with Gasteiger partial charge in [-0.2, -0.15) is 0 Å². The summed E-state index contributed by atoms with van der Waals surface area (Å²) in [5.74, 6) is 0.331. The van der Waals surface area contributed by atoms with Crippen molar-refractivity contribution in [2.75, 3.05) is 39.3 Å². The second kappa shape index (κ2) is 9.87. The molecular weight excluding hydrogens is 336 g/mol. The van der Waals surface area contributed by atoms with Crippen molar-refractivity contribution in [3.05, 3.63) is 16.1 Å². The van der Waals surface area contributed by atoms with Crippen molar-refractivity contribution in [1.29, 1.82) is 0 Å². The van der Waals surface area contributed by atoms with Crippen LogP contribution in [0.25, 0.3) is 0 Å². The van der Waals surface area contributed by atoms with Gasteiger partial charge in [0.15, 0.2) is 0 Å². The minimum Gasteiger partial charge on any atom is -0.343 e. The lowest BCUT2D eigenvalue weighted by molar-refractivity contribution is -0.133. The molecule has 1 aromatic rings. The van der Waals surface area contributed by atoms with Gasteiger partial charge in [0.25, 0.3) is 0 Å². The molecule has 2 heterocycles. The first-order valence-corrected chi connectivity index (χ1v) is 10.1. The Morgan fingerprint density at radius 2 is 1.84 bits per heavy atom. The van der Waals surface area contributed by atoms with Crippen LogP contribution in [0.1, 0.15) is 43.8 Å². The van der Waals surface area contributed by atoms with E-state index in [0.717, 1.165) is 56.5 Å². The van der Waals surface area contributed by atoms with Gasteiger partial charge in [-0.05, 0) is 27.2 Å². The average molecular weight is 367 g/mol. The Balaban J connectivity index is 1.66. The van der Waals surface area contributed by atoms with Crippen LogP contribution >= 0.6 is 11.3 Å². The van der Waals surface area contributed by atoms with E-state index in [1.807, 2.05) is 30.6 Å². The molecule has 0 saturated carbocycles. The van der Waals surface area contributed by atoms with Gasteiger partial charge in [-0.25, -0.2) is 4.98 Å². The number of rotatable bonds is 8. The molecule has 1 aromatic heterocycles. The molecule has 2 amide bonds. The van der Waals surface area contributed by atoms with Crippen LogP contribution in [0.3, 0.4) is 0 Å². The van der Waals surface area contributed by atoms with Crippen LogP contribution in [-0.4, -0.2) is 70.8 Å². The van der Waals surface area contributed by atoms with Crippen LogP contribution in [0.2, 0.25) is 0 Å². The highest BCUT2D eigenvalue weighted by Crippen LogP contribution is 2.13. The molecule has 0 aliphatic carbocycles. The van der Waals surface area contributed by atoms with E-state index in [1.54, 1.807) is 11.3 Å². The van der Waals surface area contributed by atoms with Gasteiger partial charge in [0.05, 0.1) is 10.7 Å². The molecule has 1 aliphatic heterocycles. The molecule has 1 saturated heterocycles. The number of amides is 2. The molecule has 0 radical (unpaired) electrons. The largest absolute Gasteiger partial charge is 0.343 e. The van der Waals surface area contributed by atoms with Gasteiger partial charge in [-0.3, -0.25) is 14.5 Å². The summed E-state index contributed by atoms with van der Waals surface area (Å²) >= 11 is 1.68. The Labute approximate surface area is 154 Å². The Bertz CT molecular complexity index is 563. The minimum atomic E-state index is 0.154. The lowest BCUT2D eigenvalue weighted by Gasteiger charge is -2.34. The minimum absolute atomic E-state index is 0.154. The SMILES string of the molecule is CCN(CC)C(=O)CCCC(=O)N1CCN(Cc2csc(C)n2)CC1. The molecule has 0 aromatic carbocycles. The van der Waals surface area contributed by atoms with Gasteiger partial charge in [-0.1, -0.05) is 0 Å². The number of carbonyl (C=O) groups excluding carboxylic acids is 2. The third kappa shape index (κ3) is 6.08. The summed E-state index contributed by atoms with van der Waals surface area (Å²) < 4.78 is 0. The fraction of sp³-hybridized carbons (Fsp3) is 0.722. The van der Waals surface area contributed by atoms with E-state index < -0.39 is 0 Å². The standard InChI is InChI=1S/C18H30N4O2S/c1-4-21(5-2)17(23)7-6-8-18(24)22-11-9-20(10-12-22)13-16-14-25-15(3)19-16/h14H,4-13H2,1-3H3. The average Bonchev–Trinajstić information content (AvgIpc) is 3.01. The van der Waals surface area contributed by atoms with E-state index in [4.69, 9.17) is 0 Å². The number of nitrogens with zero attached hydrogens (tertiary/aromatic N) is 4. The highest BCUT2D eigenvalue weighted by atomic mass is 32.1. The van der Waals surface area contributed by atoms with E-state index in [1.165, 1.54) is 0 Å². The molecule has 0 bridgehead atoms. The normalized spacial score (nSPS) is 15.4. The van der Waals surface area contributed by atoms with Gasteiger partial charge >= 0.3 is 0 Å². The van der Waals surface area contributed by atoms with Crippen LogP contribution in [0.15, 0.2) is 5.38 Å². The van der Waals surface area contributed by atoms with E-state index in [9.17, 15) is 9.59 Å². The van der Waals surface area contributed by atoms with Crippen molar-refractivity contribution in [1.82, 2.24) is 19.7 Å². The molecule has 0 N–H and O–H groups in total. The topological polar surface area (TPSA) is 56.8 Å². The summed E-state index contributed by atoms with van der Waals surface area (Å²) in [6.45, 7) is 11.7. The van der Waals surface area contributed by atoms with Gasteiger partial charge in [0.2, 0.25) is 11.8 Å². The van der Waals surface area contributed by atoms with Crippen LogP contribution in [-0.2, 0) is 16.1 Å². The number of hydrogen-bond acceptors (Lipinski definition) is 5. The van der Waals surface area contributed by atoms with Crippen molar-refractivity contribution < 1.29 is 9.59 Å². The van der Waals surface area contributed by atoms with Crippen molar-refractivity contribution in [3.63, 3.8) is 0 Å². The lowest BCUT2D eigenvalue weighted by Crippen LogP contribution is -2.48. The van der Waals surface area contributed by atoms with E-state index >= 15 is 0 Å². The first-order chi connectivity index (χ1) is 12.0. The fourth-order valence-corrected chi connectivity index (χ4v) is 3.75. The van der Waals surface area contributed by atoms with Crippen LogP contribution < -0.4 is 0 Å². The third-order valence-electron chi connectivity index (χ3n) is 4.67. The summed E-state index contributed by atoms with van der Waals surface area (Å²) in [6.07, 6.45) is 1.58. The van der Waals surface area contributed by atoms with Crippen molar-refractivity contribution >= 4 is 23.2 Å². The van der Waals surface area contributed by atoms with Crippen LogP contribution in [0, 0.1) is 6.92 Å². The van der Waals surface area contributed by atoms with Crippen LogP contribution in [0.5, 0.6) is 0 Å². The molecule has 0 spiro atoms. The third-order valence-corrected chi connectivity index (χ3v) is 5.50. The lowest BCUT2D eigenvalue weighted by atomic mass is 10.2. The summed E-state index contributed by atoms with van der Waals surface area (Å²) in [5, 5.41) is 3.21. The van der Waals surface area contributed by atoms with Crippen molar-refractivity contribution in [3.8, 4) is 0 Å². The number of hydrogen-bond donors (Lipinski definition) is 0. The van der Waals surface area contributed by atoms with Gasteiger partial charge < -0.3 is 9.80 Å². The van der Waals surface area contributed by atoms with E-state index in [0.29, 0.717) is 19.3 Å². The molecule has 140 valence electrons. The van der Waals surface area contributed by atoms with Crippen molar-refractivity contribution in [2.24, 2.45) is 0 Å². The van der Waals surface area contributed by atoms with E-state index in [2.05, 4.69) is 15.3 Å². The molecule has 0 atom stereocenters. The van der Waals surface area contributed by atoms with E-state index in [-0.39, 0.29) is 11.8 Å². The Kier molecular flexibility index (Phi) is 7.84. The fourth-order valence-electron chi connectivity index (χ4n) is 3.15. The predicted octanol–water partition coefficient (Wildman–Crippen LogP) is 2.13. The molecule has 7 heteroatoms. The second-order valence-corrected chi connectivity index (χ2v) is 7.50. The zero-order valence-corrected chi connectivity index (χ0v) is 16.5. The maximum atomic E-state index is 12.3. The molecule has 1 aliphatic rings. The molecule has 25 heavy (non-hydrogen) atoms. The summed E-state index contributed by atoms with van der Waals surface area (Å²) in [5.41, 5.74) is 1.12. The maximum absolute atomic E-state index is 12.3. The zero-order valence-electron chi connectivity index (χ0n) is 15.7. The molecule has 0 unspecified atom stereocenters. The number of aromatic nitrogens is 1. The summed E-state index contributed by atoms with van der Waals surface area (Å²) in [6, 6.07) is 0. The first kappa shape index (κ1) is 19.8. The van der Waals surface area contributed by atoms with Crippen LogP contribution in [0.4, 0.5) is 0 Å². The van der Waals surface area contributed by atoms with Gasteiger partial charge in [0, 0.05) is 64.0 Å². The number of thiazole rings is 1. The summed E-state index contributed by atoms with van der Waals surface area (Å²) in [4.78, 5) is 34.9. The zero-order chi connectivity index (χ0) is 18.2. The highest BCUT2D eigenvalue weighted by Gasteiger charge is 2.21. The highest BCUT2D eigenvalue weighted by molar-refractivity contribution is 7.09. The molecule has 6 nitrogen and oxygen atoms in total. The first-order valence-electron chi connectivity index (χ1n) is 9.22. The van der Waals surface area contributed by atoms with Gasteiger partial charge in [0.1, 0.15) is 0 Å². The number of aryl methyl sites for hydroxylation is 1. The Hall–Kier alpha value is -1.47. The number of carbonyl (C=O) groups is 2. The molecule has 2 rings (SSSR count). The summed E-state index contributed by atoms with van der Waals surface area (Å²) in [7, 11) is 0. The predicted molar refractivity (Wildman–Crippen MR) is 100 cm³/mol. The van der Waals surface area contributed by atoms with Gasteiger partial charge in [-0.15, -0.1) is 11.3 Å². The molecular formula is C18H30N4O2S. The Morgan fingerprint density at radius 1 is 1.16 bits per heavy atom.